The van der Waals surface area contributed by atoms with Crippen LogP contribution in [0.4, 0.5) is 58.4 Å². The summed E-state index contributed by atoms with van der Waals surface area (Å²) in [5.74, 6) is 2.48. The summed E-state index contributed by atoms with van der Waals surface area (Å²) in [7, 11) is 1.76. The summed E-state index contributed by atoms with van der Waals surface area (Å²) in [6.45, 7) is 1.04. The Morgan fingerprint density at radius 2 is 0.680 bits per heavy atom. The van der Waals surface area contributed by atoms with E-state index in [0.29, 0.717) is 60.5 Å². The van der Waals surface area contributed by atoms with Gasteiger partial charge in [0, 0.05) is 177 Å². The molecule has 38 nitrogen and oxygen atoms in total. The molecule has 1 saturated heterocycles. The lowest BCUT2D eigenvalue weighted by molar-refractivity contribution is -0.125. The lowest BCUT2D eigenvalue weighted by Gasteiger charge is -2.40. The first-order valence-corrected chi connectivity index (χ1v) is 49.4. The Hall–Kier alpha value is -17.9. The van der Waals surface area contributed by atoms with Crippen LogP contribution in [0.25, 0.3) is 66.9 Å². The third kappa shape index (κ3) is 22.8. The largest absolute Gasteiger partial charge is 0.495 e. The number of hydrogen-bond donors (Lipinski definition) is 11. The average molecular weight is 1990 g/mol. The fourth-order valence-corrected chi connectivity index (χ4v) is 18.9. The number of methoxy groups -OCH3 is 1. The predicted molar refractivity (Wildman–Crippen MR) is 560 cm³/mol. The molecule has 1 aliphatic heterocycles. The summed E-state index contributed by atoms with van der Waals surface area (Å²) >= 11 is 0. The number of hydrogen-bond acceptors (Lipinski definition) is 30. The normalized spacial score (nSPS) is 15.0. The smallest absolute Gasteiger partial charge is 0.252 e. The van der Waals surface area contributed by atoms with Gasteiger partial charge in [0.15, 0.2) is 14.9 Å². The van der Waals surface area contributed by atoms with Gasteiger partial charge in [-0.1, -0.05) is 147 Å². The monoisotopic (exact) mass is 1990 g/mol. The van der Waals surface area contributed by atoms with Gasteiger partial charge in [0.2, 0.25) is 64.8 Å². The molecule has 5 fully saturated rings. The van der Waals surface area contributed by atoms with E-state index in [4.69, 9.17) is 38.1 Å². The molecule has 746 valence electrons. The molecule has 4 saturated carbocycles. The SMILES string of the molecule is COc1ccc(NC(=O)C2(c3ccc(-c4cnc(N)nc4)cc3)CCC2)nc1.CS(=O)(=O)c1ccc(NC(=O)C2(c3ccc(-c4cnc(N)nc4)cc3)CCC2)cn1.Cn1ccc(NC(=O)C2(c3ccc(-c4cnc(N)nc4)cc3)CCC2)cc1=O.Cn1nccc1-c1ccc(NC(=O)C2(c3ccc(-c4cnc(N)nc4)cc3)CCOCC2)nc1.Nc1ncc(-c2ccc(C3(C(=O)Nc4cc[nH]c(=O)c4)CCC3)cc2)cn1. The van der Waals surface area contributed by atoms with Crippen LogP contribution in [0.5, 0.6) is 5.75 Å². The zero-order chi connectivity index (χ0) is 103. The van der Waals surface area contributed by atoms with E-state index in [-0.39, 0.29) is 75.4 Å². The second kappa shape index (κ2) is 43.9. The number of H-pyrrole nitrogens is 1. The highest BCUT2D eigenvalue weighted by molar-refractivity contribution is 7.90. The van der Waals surface area contributed by atoms with Crippen LogP contribution in [-0.4, -0.2) is 149 Å². The second-order valence-electron chi connectivity index (χ2n) is 36.6. The van der Waals surface area contributed by atoms with E-state index in [1.54, 1.807) is 136 Å². The Morgan fingerprint density at radius 1 is 0.354 bits per heavy atom. The molecular formula is C108H107N27O11S. The van der Waals surface area contributed by atoms with Crippen LogP contribution < -0.4 is 71.1 Å². The van der Waals surface area contributed by atoms with Crippen molar-refractivity contribution in [2.24, 2.45) is 14.1 Å². The fraction of sp³-hybridized carbons (Fsp3) is 0.231. The zero-order valence-electron chi connectivity index (χ0n) is 80.9. The van der Waals surface area contributed by atoms with Gasteiger partial charge in [-0.3, -0.25) is 38.2 Å². The number of aromatic nitrogens is 17. The van der Waals surface area contributed by atoms with Crippen molar-refractivity contribution in [3.05, 3.63) is 336 Å². The Balaban J connectivity index is 0.000000126. The van der Waals surface area contributed by atoms with Gasteiger partial charge in [0.25, 0.3) is 5.56 Å². The zero-order valence-corrected chi connectivity index (χ0v) is 81.7. The number of benzene rings is 5. The van der Waals surface area contributed by atoms with Crippen molar-refractivity contribution >= 4 is 97.8 Å². The molecule has 5 amide bonds. The summed E-state index contributed by atoms with van der Waals surface area (Å²) < 4.78 is 37.0. The highest BCUT2D eigenvalue weighted by atomic mass is 32.2. The number of carbonyl (C=O) groups excluding carboxylic acids is 5. The van der Waals surface area contributed by atoms with Crippen molar-refractivity contribution in [2.45, 2.75) is 122 Å². The number of aryl methyl sites for hydroxylation is 2. The maximum atomic E-state index is 13.6. The van der Waals surface area contributed by atoms with Gasteiger partial charge >= 0.3 is 0 Å². The molecule has 11 aromatic heterocycles. The minimum Gasteiger partial charge on any atom is -0.495 e. The molecule has 147 heavy (non-hydrogen) atoms. The molecule has 0 bridgehead atoms. The highest BCUT2D eigenvalue weighted by Crippen LogP contribution is 2.50. The number of pyridine rings is 5. The number of nitrogens with zero attached hydrogens (tertiary/aromatic N) is 16. The van der Waals surface area contributed by atoms with Crippen LogP contribution in [0.3, 0.4) is 0 Å². The molecule has 16 N–H and O–H groups in total. The molecule has 0 spiro atoms. The van der Waals surface area contributed by atoms with Gasteiger partial charge < -0.3 is 74.3 Å². The average Bonchev–Trinajstić information content (AvgIpc) is 1.26. The third-order valence-corrected chi connectivity index (χ3v) is 28.7. The van der Waals surface area contributed by atoms with Gasteiger partial charge in [-0.25, -0.2) is 73.2 Å². The van der Waals surface area contributed by atoms with Gasteiger partial charge in [-0.2, -0.15) is 5.10 Å². The Morgan fingerprint density at radius 3 is 0.966 bits per heavy atom. The topological polar surface area (TPSA) is 568 Å². The van der Waals surface area contributed by atoms with Gasteiger partial charge in [0.05, 0.1) is 58.0 Å². The van der Waals surface area contributed by atoms with Crippen LogP contribution in [-0.2, 0) is 79.7 Å². The lowest BCUT2D eigenvalue weighted by Crippen LogP contribution is -2.46. The number of rotatable bonds is 23. The molecule has 0 unspecified atom stereocenters. The van der Waals surface area contributed by atoms with Crippen LogP contribution >= 0.6 is 0 Å². The van der Waals surface area contributed by atoms with E-state index in [1.807, 2.05) is 147 Å². The number of carbonyl (C=O) groups is 5. The highest BCUT2D eigenvalue weighted by Gasteiger charge is 2.50. The van der Waals surface area contributed by atoms with Crippen molar-refractivity contribution in [2.75, 3.05) is 81.8 Å². The molecule has 39 heteroatoms. The Bertz CT molecular complexity index is 7610. The first kappa shape index (κ1) is 101. The molecule has 5 aliphatic rings. The number of aromatic amines is 1. The van der Waals surface area contributed by atoms with Crippen molar-refractivity contribution in [1.29, 1.82) is 0 Å². The molecule has 0 atom stereocenters. The first-order chi connectivity index (χ1) is 71.0. The number of amides is 5. The van der Waals surface area contributed by atoms with E-state index in [2.05, 4.69) is 101 Å². The second-order valence-corrected chi connectivity index (χ2v) is 38.5. The first-order valence-electron chi connectivity index (χ1n) is 47.5. The molecule has 12 heterocycles. The number of nitrogen functional groups attached to an aromatic ring is 5. The number of anilines is 10. The van der Waals surface area contributed by atoms with E-state index >= 15 is 0 Å². The maximum Gasteiger partial charge on any atom is 0.252 e. The Labute approximate surface area is 845 Å². The van der Waals surface area contributed by atoms with Crippen LogP contribution in [0.1, 0.15) is 118 Å². The predicted octanol–water partition coefficient (Wildman–Crippen LogP) is 13.9. The van der Waals surface area contributed by atoms with Crippen LogP contribution in [0.2, 0.25) is 0 Å². The fourth-order valence-electron chi connectivity index (χ4n) is 18.3. The molecule has 0 radical (unpaired) electrons. The Kier molecular flexibility index (Phi) is 30.1. The standard InChI is InChI=1S/C25H25N7O2.C21H21N5O3S.2C21H21N5O2.C20H19N5O2/c1-32-21(8-11-30-32)18-4-7-22(27-14-18)31-23(33)25(9-12-34-13-10-25)20-5-2-17(3-6-20)19-15-28-24(26)29-16-19;1-30(28,29)18-8-7-17(13-23-18)26-19(27)21(9-2-10-21)16-5-3-14(4-6-16)15-11-24-20(22)25-12-15;1-28-17-7-8-18(23-13-17)26-19(27)21(9-2-10-21)16-5-3-14(4-6-16)15-11-24-20(22)25-12-15;1-26-10-7-17(11-18(26)27)25-19(28)21(8-2-9-21)16-5-3-14(4-6-16)15-12-23-20(22)24-13-15;21-19-23-11-14(12-24-19)13-2-4-15(5-3-13)20(7-1-8-20)18(27)25-16-6-9-22-17(26)10-16/h2-8,11,14-16H,9-10,12-13H2,1H3,(H2,26,28,29)(H,27,31,33);3-8,11-13H,2,9-10H2,1H3,(H,26,27)(H2,22,24,25);3-8,11-13H,2,9-10H2,1H3,(H2,22,24,25)(H,23,26,27);3-7,10-13H,2,8-9H2,1H3,(H,25,28)(H2,22,23,24);2-6,9-12H,1,7-8H2,(H2,21,23,24)(H2,22,25,26,27). The minimum absolute atomic E-state index is 0.0268. The molecular weight excluding hydrogens is 1880 g/mol. The van der Waals surface area contributed by atoms with E-state index in [1.165, 1.54) is 35.2 Å². The lowest BCUT2D eigenvalue weighted by atomic mass is 9.63. The molecule has 21 rings (SSSR count). The van der Waals surface area contributed by atoms with Crippen molar-refractivity contribution in [3.63, 3.8) is 0 Å². The number of nitrogens with two attached hydrogens (primary N) is 5. The third-order valence-electron chi connectivity index (χ3n) is 27.7. The van der Waals surface area contributed by atoms with E-state index < -0.39 is 36.9 Å². The van der Waals surface area contributed by atoms with Gasteiger partial charge in [-0.05, 0) is 174 Å². The van der Waals surface area contributed by atoms with Crippen molar-refractivity contribution in [3.8, 4) is 72.6 Å². The molecule has 16 aromatic rings. The summed E-state index contributed by atoms with van der Waals surface area (Å²) in [6, 6.07) is 57.9. The summed E-state index contributed by atoms with van der Waals surface area (Å²) in [6.07, 6.45) is 39.0. The van der Waals surface area contributed by atoms with E-state index in [9.17, 15) is 42.0 Å². The summed E-state index contributed by atoms with van der Waals surface area (Å²) in [5, 5.41) is 18.8. The van der Waals surface area contributed by atoms with Crippen LogP contribution in [0, 0.1) is 0 Å². The quantitative estimate of drug-likeness (QED) is 0.0283. The summed E-state index contributed by atoms with van der Waals surface area (Å²) in [4.78, 5) is 144. The number of nitrogens with one attached hydrogen (secondary N) is 6. The van der Waals surface area contributed by atoms with Crippen LogP contribution in [0.15, 0.2) is 302 Å². The maximum absolute atomic E-state index is 13.6. The molecule has 5 aromatic carbocycles. The number of sulfone groups is 1. The van der Waals surface area contributed by atoms with Gasteiger partial charge in [0.1, 0.15) is 17.4 Å². The summed E-state index contributed by atoms with van der Waals surface area (Å²) in [5.41, 5.74) is 41.8. The van der Waals surface area contributed by atoms with E-state index in [0.717, 1.165) is 178 Å². The molecule has 4 aliphatic carbocycles. The van der Waals surface area contributed by atoms with Crippen molar-refractivity contribution in [1.82, 2.24) is 84.1 Å². The number of ether oxygens (including phenoxy) is 2. The van der Waals surface area contributed by atoms with Crippen molar-refractivity contribution < 1.29 is 41.9 Å². The minimum atomic E-state index is -3.38. The van der Waals surface area contributed by atoms with Gasteiger partial charge in [-0.15, -0.1) is 0 Å².